The second-order valence-electron chi connectivity index (χ2n) is 8.69. The van der Waals surface area contributed by atoms with Gasteiger partial charge in [0.1, 0.15) is 0 Å². The van der Waals surface area contributed by atoms with Crippen LogP contribution in [-0.4, -0.2) is 25.7 Å². The van der Waals surface area contributed by atoms with Crippen LogP contribution < -0.4 is 14.8 Å². The number of nitriles is 1. The first-order valence-corrected chi connectivity index (χ1v) is 10.2. The average Bonchev–Trinajstić information content (AvgIpc) is 2.64. The third kappa shape index (κ3) is 3.90. The Labute approximate surface area is 161 Å². The van der Waals surface area contributed by atoms with Crippen molar-refractivity contribution in [1.82, 2.24) is 5.32 Å². The highest BCUT2D eigenvalue weighted by molar-refractivity contribution is 5.77. The number of carbonyl (C=O) groups is 1. The van der Waals surface area contributed by atoms with Gasteiger partial charge in [0.05, 0.1) is 18.2 Å². The number of hydrogen-bond donors (Lipinski definition) is 1. The van der Waals surface area contributed by atoms with E-state index >= 15 is 0 Å². The Bertz CT molecular complexity index is 717. The molecule has 0 aromatic heterocycles. The Morgan fingerprint density at radius 1 is 1.15 bits per heavy atom. The van der Waals surface area contributed by atoms with Gasteiger partial charge >= 0.3 is 0 Å². The van der Waals surface area contributed by atoms with Gasteiger partial charge in [-0.25, -0.2) is 0 Å². The predicted octanol–water partition coefficient (Wildman–Crippen LogP) is 3.67. The Morgan fingerprint density at radius 2 is 1.81 bits per heavy atom. The summed E-state index contributed by atoms with van der Waals surface area (Å²) >= 11 is 0. The van der Waals surface area contributed by atoms with E-state index in [1.807, 2.05) is 6.92 Å². The van der Waals surface area contributed by atoms with Crippen molar-refractivity contribution < 1.29 is 14.3 Å². The lowest BCUT2D eigenvalue weighted by Crippen LogP contribution is -2.51. The van der Waals surface area contributed by atoms with Gasteiger partial charge in [-0.2, -0.15) is 5.26 Å². The van der Waals surface area contributed by atoms with Crippen molar-refractivity contribution in [3.8, 4) is 17.6 Å². The molecular formula is C22H28N2O3. The van der Waals surface area contributed by atoms with Crippen LogP contribution in [0.3, 0.4) is 0 Å². The lowest BCUT2D eigenvalue weighted by Gasteiger charge is -2.56. The summed E-state index contributed by atoms with van der Waals surface area (Å²) in [5.74, 6) is 3.58. The van der Waals surface area contributed by atoms with Gasteiger partial charge < -0.3 is 14.8 Å². The zero-order valence-corrected chi connectivity index (χ0v) is 16.0. The summed E-state index contributed by atoms with van der Waals surface area (Å²) in [4.78, 5) is 12.4. The highest BCUT2D eigenvalue weighted by Gasteiger charge is 2.50. The van der Waals surface area contributed by atoms with Crippen molar-refractivity contribution >= 4 is 5.91 Å². The van der Waals surface area contributed by atoms with Gasteiger partial charge in [-0.15, -0.1) is 0 Å². The molecule has 27 heavy (non-hydrogen) atoms. The lowest BCUT2D eigenvalue weighted by molar-refractivity contribution is -0.125. The van der Waals surface area contributed by atoms with Crippen LogP contribution in [0.5, 0.6) is 11.5 Å². The first kappa shape index (κ1) is 18.2. The Balaban J connectivity index is 1.31. The molecule has 144 valence electrons. The maximum absolute atomic E-state index is 12.4. The van der Waals surface area contributed by atoms with Crippen LogP contribution in [0.2, 0.25) is 0 Å². The van der Waals surface area contributed by atoms with Crippen molar-refractivity contribution in [3.05, 3.63) is 23.8 Å². The van der Waals surface area contributed by atoms with E-state index in [1.165, 1.54) is 38.5 Å². The number of hydrogen-bond acceptors (Lipinski definition) is 4. The molecule has 0 aliphatic heterocycles. The SMILES string of the molecule is CCOc1cc(C#N)ccc1OCC(=O)NCC12CC3CC(CC(C3)C1)C2. The summed E-state index contributed by atoms with van der Waals surface area (Å²) < 4.78 is 11.2. The monoisotopic (exact) mass is 368 g/mol. The van der Waals surface area contributed by atoms with E-state index < -0.39 is 0 Å². The Kier molecular flexibility index (Phi) is 4.99. The molecule has 0 unspecified atom stereocenters. The quantitative estimate of drug-likeness (QED) is 0.797. The first-order valence-electron chi connectivity index (χ1n) is 10.2. The minimum atomic E-state index is -0.0856. The molecule has 4 fully saturated rings. The smallest absolute Gasteiger partial charge is 0.257 e. The molecule has 0 radical (unpaired) electrons. The van der Waals surface area contributed by atoms with E-state index in [1.54, 1.807) is 18.2 Å². The molecule has 0 atom stereocenters. The van der Waals surface area contributed by atoms with E-state index in [0.29, 0.717) is 29.1 Å². The van der Waals surface area contributed by atoms with E-state index in [9.17, 15) is 4.79 Å². The third-order valence-corrected chi connectivity index (χ3v) is 6.56. The summed E-state index contributed by atoms with van der Waals surface area (Å²) in [5.41, 5.74) is 0.840. The molecule has 4 saturated carbocycles. The van der Waals surface area contributed by atoms with Crippen molar-refractivity contribution in [2.45, 2.75) is 45.4 Å². The van der Waals surface area contributed by atoms with Gasteiger partial charge in [0.25, 0.3) is 5.91 Å². The van der Waals surface area contributed by atoms with Crippen LogP contribution in [0.1, 0.15) is 51.0 Å². The van der Waals surface area contributed by atoms with Gasteiger partial charge in [-0.1, -0.05) is 0 Å². The fourth-order valence-corrected chi connectivity index (χ4v) is 5.95. The summed E-state index contributed by atoms with van der Waals surface area (Å²) in [6.45, 7) is 3.10. The molecule has 1 aromatic carbocycles. The second-order valence-corrected chi connectivity index (χ2v) is 8.69. The molecule has 0 saturated heterocycles. The number of amides is 1. The van der Waals surface area contributed by atoms with E-state index in [4.69, 9.17) is 14.7 Å². The summed E-state index contributed by atoms with van der Waals surface area (Å²) in [5, 5.41) is 12.1. The molecule has 4 aliphatic carbocycles. The zero-order chi connectivity index (χ0) is 18.9. The number of ether oxygens (including phenoxy) is 2. The molecule has 0 heterocycles. The van der Waals surface area contributed by atoms with Crippen molar-refractivity contribution in [3.63, 3.8) is 0 Å². The van der Waals surface area contributed by atoms with E-state index in [-0.39, 0.29) is 12.5 Å². The topological polar surface area (TPSA) is 71.3 Å². The van der Waals surface area contributed by atoms with Crippen molar-refractivity contribution in [2.75, 3.05) is 19.8 Å². The molecule has 4 bridgehead atoms. The molecule has 1 N–H and O–H groups in total. The van der Waals surface area contributed by atoms with E-state index in [0.717, 1.165) is 24.3 Å². The Hall–Kier alpha value is -2.22. The number of rotatable bonds is 7. The number of nitrogens with zero attached hydrogens (tertiary/aromatic N) is 1. The fourth-order valence-electron chi connectivity index (χ4n) is 5.95. The van der Waals surface area contributed by atoms with Gasteiger partial charge in [0.15, 0.2) is 18.1 Å². The molecule has 0 spiro atoms. The largest absolute Gasteiger partial charge is 0.490 e. The highest BCUT2D eigenvalue weighted by atomic mass is 16.5. The van der Waals surface area contributed by atoms with Gasteiger partial charge in [0, 0.05) is 12.6 Å². The molecule has 1 amide bonds. The molecule has 1 aromatic rings. The third-order valence-electron chi connectivity index (χ3n) is 6.56. The van der Waals surface area contributed by atoms with Crippen LogP contribution >= 0.6 is 0 Å². The number of benzene rings is 1. The van der Waals surface area contributed by atoms with Crippen LogP contribution in [-0.2, 0) is 4.79 Å². The predicted molar refractivity (Wildman–Crippen MR) is 101 cm³/mol. The summed E-state index contributed by atoms with van der Waals surface area (Å²) in [7, 11) is 0. The fraction of sp³-hybridized carbons (Fsp3) is 0.636. The van der Waals surface area contributed by atoms with Crippen molar-refractivity contribution in [2.24, 2.45) is 23.2 Å². The number of nitrogens with one attached hydrogen (secondary N) is 1. The minimum Gasteiger partial charge on any atom is -0.490 e. The summed E-state index contributed by atoms with van der Waals surface area (Å²) in [6, 6.07) is 7.09. The van der Waals surface area contributed by atoms with Crippen LogP contribution in [0.4, 0.5) is 0 Å². The van der Waals surface area contributed by atoms with E-state index in [2.05, 4.69) is 11.4 Å². The lowest BCUT2D eigenvalue weighted by atomic mass is 9.49. The Morgan fingerprint density at radius 3 is 2.41 bits per heavy atom. The molecule has 5 rings (SSSR count). The molecule has 5 nitrogen and oxygen atoms in total. The van der Waals surface area contributed by atoms with Crippen LogP contribution in [0.25, 0.3) is 0 Å². The second kappa shape index (κ2) is 7.42. The molecule has 5 heteroatoms. The molecular weight excluding hydrogens is 340 g/mol. The van der Waals surface area contributed by atoms with Crippen LogP contribution in [0, 0.1) is 34.5 Å². The van der Waals surface area contributed by atoms with Crippen molar-refractivity contribution in [1.29, 1.82) is 5.26 Å². The first-order chi connectivity index (χ1) is 13.1. The maximum Gasteiger partial charge on any atom is 0.257 e. The summed E-state index contributed by atoms with van der Waals surface area (Å²) in [6.07, 6.45) is 8.08. The normalized spacial score (nSPS) is 30.6. The maximum atomic E-state index is 12.4. The highest BCUT2D eigenvalue weighted by Crippen LogP contribution is 2.59. The average molecular weight is 368 g/mol. The standard InChI is InChI=1S/C22H28N2O3/c1-2-26-20-8-15(12-23)3-4-19(20)27-13-21(25)24-14-22-9-16-5-17(10-22)7-18(6-16)11-22/h3-4,8,16-18H,2,5-7,9-11,13-14H2,1H3,(H,24,25). The van der Waals surface area contributed by atoms with Gasteiger partial charge in [-0.05, 0) is 80.8 Å². The van der Waals surface area contributed by atoms with Gasteiger partial charge in [0.2, 0.25) is 0 Å². The van der Waals surface area contributed by atoms with Gasteiger partial charge in [-0.3, -0.25) is 4.79 Å². The van der Waals surface area contributed by atoms with Crippen LogP contribution in [0.15, 0.2) is 18.2 Å². The zero-order valence-electron chi connectivity index (χ0n) is 16.0. The minimum absolute atomic E-state index is 0.0294. The molecule has 4 aliphatic rings. The number of carbonyl (C=O) groups excluding carboxylic acids is 1.